The molecule has 3 rings (SSSR count). The van der Waals surface area contributed by atoms with Gasteiger partial charge in [-0.15, -0.1) is 11.3 Å². The fourth-order valence-corrected chi connectivity index (χ4v) is 3.46. The van der Waals surface area contributed by atoms with Crippen LogP contribution in [0.1, 0.15) is 19.4 Å². The Morgan fingerprint density at radius 1 is 1.17 bits per heavy atom. The molecule has 0 spiro atoms. The van der Waals surface area contributed by atoms with E-state index in [-0.39, 0.29) is 11.8 Å². The van der Waals surface area contributed by atoms with Crippen molar-refractivity contribution in [3.63, 3.8) is 0 Å². The second-order valence-electron chi connectivity index (χ2n) is 6.09. The van der Waals surface area contributed by atoms with Crippen LogP contribution in [0.25, 0.3) is 11.3 Å². The fraction of sp³-hybridized carbons (Fsp3) is 0.150. The van der Waals surface area contributed by atoms with Gasteiger partial charge < -0.3 is 10.6 Å². The SMILES string of the molecule is CN=c1scc(-c2ccc(NC(C)=O)cc2NC(C)=O)n1/N=C\c1cccnc1. The number of nitrogens with zero attached hydrogens (tertiary/aromatic N) is 4. The van der Waals surface area contributed by atoms with Gasteiger partial charge in [-0.2, -0.15) is 5.10 Å². The van der Waals surface area contributed by atoms with E-state index < -0.39 is 0 Å². The Balaban J connectivity index is 2.10. The number of pyridine rings is 1. The number of rotatable bonds is 5. The van der Waals surface area contributed by atoms with E-state index in [0.29, 0.717) is 16.2 Å². The van der Waals surface area contributed by atoms with Gasteiger partial charge in [0, 0.05) is 55.5 Å². The highest BCUT2D eigenvalue weighted by molar-refractivity contribution is 7.07. The average Bonchev–Trinajstić information content (AvgIpc) is 3.09. The molecule has 0 unspecified atom stereocenters. The molecule has 3 aromatic rings. The minimum Gasteiger partial charge on any atom is -0.326 e. The molecule has 2 heterocycles. The Morgan fingerprint density at radius 2 is 1.97 bits per heavy atom. The van der Waals surface area contributed by atoms with Crippen molar-refractivity contribution in [1.82, 2.24) is 9.66 Å². The number of carbonyl (C=O) groups excluding carboxylic acids is 2. The predicted octanol–water partition coefficient (Wildman–Crippen LogP) is 2.94. The summed E-state index contributed by atoms with van der Waals surface area (Å²) in [5.74, 6) is -0.405. The molecule has 0 bridgehead atoms. The minimum atomic E-state index is -0.215. The number of hydrogen-bond donors (Lipinski definition) is 2. The Kier molecular flexibility index (Phi) is 6.30. The summed E-state index contributed by atoms with van der Waals surface area (Å²) < 4.78 is 1.70. The maximum absolute atomic E-state index is 11.7. The Bertz CT molecular complexity index is 1130. The minimum absolute atomic E-state index is 0.190. The molecule has 0 radical (unpaired) electrons. The first-order valence-electron chi connectivity index (χ1n) is 8.75. The molecule has 0 aliphatic carbocycles. The van der Waals surface area contributed by atoms with Gasteiger partial charge in [0.1, 0.15) is 0 Å². The summed E-state index contributed by atoms with van der Waals surface area (Å²) in [5.41, 5.74) is 3.51. The summed E-state index contributed by atoms with van der Waals surface area (Å²) in [6, 6.07) is 9.05. The highest BCUT2D eigenvalue weighted by Gasteiger charge is 2.14. The molecule has 0 saturated carbocycles. The maximum Gasteiger partial charge on any atom is 0.221 e. The molecule has 29 heavy (non-hydrogen) atoms. The van der Waals surface area contributed by atoms with E-state index in [1.165, 1.54) is 25.2 Å². The van der Waals surface area contributed by atoms with Gasteiger partial charge in [-0.25, -0.2) is 4.68 Å². The van der Waals surface area contributed by atoms with Crippen molar-refractivity contribution in [2.24, 2.45) is 10.1 Å². The maximum atomic E-state index is 11.7. The summed E-state index contributed by atoms with van der Waals surface area (Å²) in [5, 5.41) is 12.0. The lowest BCUT2D eigenvalue weighted by atomic mass is 10.1. The third kappa shape index (κ3) is 5.02. The van der Waals surface area contributed by atoms with Gasteiger partial charge in [0.15, 0.2) is 0 Å². The normalized spacial score (nSPS) is 11.6. The molecule has 0 atom stereocenters. The van der Waals surface area contributed by atoms with E-state index in [9.17, 15) is 9.59 Å². The van der Waals surface area contributed by atoms with Crippen molar-refractivity contribution in [3.05, 3.63) is 58.5 Å². The first-order chi connectivity index (χ1) is 14.0. The zero-order valence-electron chi connectivity index (χ0n) is 16.2. The zero-order chi connectivity index (χ0) is 20.8. The number of hydrogen-bond acceptors (Lipinski definition) is 6. The number of aromatic nitrogens is 2. The Morgan fingerprint density at radius 3 is 2.62 bits per heavy atom. The lowest BCUT2D eigenvalue weighted by Crippen LogP contribution is -2.13. The molecule has 8 nitrogen and oxygen atoms in total. The number of thiazole rings is 1. The smallest absolute Gasteiger partial charge is 0.221 e. The Hall–Kier alpha value is -3.59. The highest BCUT2D eigenvalue weighted by Crippen LogP contribution is 2.31. The molecular formula is C20H20N6O2S. The quantitative estimate of drug-likeness (QED) is 0.635. The van der Waals surface area contributed by atoms with E-state index in [1.54, 1.807) is 42.5 Å². The lowest BCUT2D eigenvalue weighted by Gasteiger charge is -2.13. The van der Waals surface area contributed by atoms with Crippen LogP contribution in [0.15, 0.2) is 58.2 Å². The van der Waals surface area contributed by atoms with Crippen LogP contribution < -0.4 is 15.4 Å². The molecule has 148 valence electrons. The number of nitrogens with one attached hydrogen (secondary N) is 2. The van der Waals surface area contributed by atoms with Crippen LogP contribution in [-0.4, -0.2) is 34.7 Å². The van der Waals surface area contributed by atoms with E-state index >= 15 is 0 Å². The van der Waals surface area contributed by atoms with Crippen molar-refractivity contribution in [3.8, 4) is 11.3 Å². The molecule has 2 aromatic heterocycles. The van der Waals surface area contributed by atoms with Crippen LogP contribution in [0.5, 0.6) is 0 Å². The van der Waals surface area contributed by atoms with Crippen LogP contribution >= 0.6 is 11.3 Å². The van der Waals surface area contributed by atoms with E-state index in [1.807, 2.05) is 23.6 Å². The molecule has 0 fully saturated rings. The van der Waals surface area contributed by atoms with Crippen LogP contribution in [-0.2, 0) is 9.59 Å². The third-order valence-electron chi connectivity index (χ3n) is 3.81. The van der Waals surface area contributed by atoms with Crippen LogP contribution in [0, 0.1) is 0 Å². The van der Waals surface area contributed by atoms with Gasteiger partial charge in [-0.3, -0.25) is 19.6 Å². The van der Waals surface area contributed by atoms with Gasteiger partial charge in [-0.1, -0.05) is 6.07 Å². The molecule has 2 N–H and O–H groups in total. The van der Waals surface area contributed by atoms with Crippen molar-refractivity contribution in [2.75, 3.05) is 17.7 Å². The third-order valence-corrected chi connectivity index (χ3v) is 4.72. The standard InChI is InChI=1S/C20H20N6O2S/c1-13(27)24-16-6-7-17(18(9-16)25-14(2)28)19-12-29-20(21-3)26(19)23-11-15-5-4-8-22-10-15/h4-12H,1-3H3,(H,24,27)(H,25,28)/b21-20?,23-11-. The molecule has 0 aliphatic heterocycles. The first-order valence-corrected chi connectivity index (χ1v) is 9.63. The Labute approximate surface area is 171 Å². The summed E-state index contributed by atoms with van der Waals surface area (Å²) in [6.07, 6.45) is 5.11. The van der Waals surface area contributed by atoms with Crippen LogP contribution in [0.3, 0.4) is 0 Å². The molecule has 1 aromatic carbocycles. The zero-order valence-corrected chi connectivity index (χ0v) is 17.0. The molecule has 0 aliphatic rings. The second kappa shape index (κ2) is 9.07. The topological polar surface area (TPSA) is 101 Å². The van der Waals surface area contributed by atoms with Crippen LogP contribution in [0.4, 0.5) is 11.4 Å². The average molecular weight is 408 g/mol. The van der Waals surface area contributed by atoms with E-state index in [2.05, 4.69) is 25.7 Å². The van der Waals surface area contributed by atoms with Crippen LogP contribution in [0.2, 0.25) is 0 Å². The molecule has 9 heteroatoms. The van der Waals surface area contributed by atoms with Gasteiger partial charge in [-0.05, 0) is 24.3 Å². The van der Waals surface area contributed by atoms with Gasteiger partial charge in [0.25, 0.3) is 0 Å². The number of carbonyl (C=O) groups is 2. The van der Waals surface area contributed by atoms with Crippen molar-refractivity contribution in [2.45, 2.75) is 13.8 Å². The number of anilines is 2. The first kappa shape index (κ1) is 20.2. The predicted molar refractivity (Wildman–Crippen MR) is 115 cm³/mol. The molecule has 2 amide bonds. The largest absolute Gasteiger partial charge is 0.326 e. The fourth-order valence-electron chi connectivity index (χ4n) is 2.67. The summed E-state index contributed by atoms with van der Waals surface area (Å²) in [6.45, 7) is 2.87. The van der Waals surface area contributed by atoms with Crippen molar-refractivity contribution >= 4 is 40.7 Å². The highest BCUT2D eigenvalue weighted by atomic mass is 32.1. The monoisotopic (exact) mass is 408 g/mol. The van der Waals surface area contributed by atoms with Gasteiger partial charge in [0.05, 0.1) is 17.6 Å². The summed E-state index contributed by atoms with van der Waals surface area (Å²) >= 11 is 1.43. The number of amides is 2. The molecular weight excluding hydrogens is 388 g/mol. The summed E-state index contributed by atoms with van der Waals surface area (Å²) in [7, 11) is 1.69. The van der Waals surface area contributed by atoms with Crippen molar-refractivity contribution < 1.29 is 9.59 Å². The molecule has 0 saturated heterocycles. The van der Waals surface area contributed by atoms with Gasteiger partial charge in [0.2, 0.25) is 16.6 Å². The van der Waals surface area contributed by atoms with Crippen molar-refractivity contribution in [1.29, 1.82) is 0 Å². The number of benzene rings is 1. The van der Waals surface area contributed by atoms with E-state index in [0.717, 1.165) is 16.8 Å². The van der Waals surface area contributed by atoms with E-state index in [4.69, 9.17) is 0 Å². The summed E-state index contributed by atoms with van der Waals surface area (Å²) in [4.78, 5) is 32.2. The second-order valence-corrected chi connectivity index (χ2v) is 6.93. The van der Waals surface area contributed by atoms with Gasteiger partial charge >= 0.3 is 0 Å². The lowest BCUT2D eigenvalue weighted by molar-refractivity contribution is -0.115.